The normalized spacial score (nSPS) is 15.4. The fourth-order valence-electron chi connectivity index (χ4n) is 5.07. The van der Waals surface area contributed by atoms with Crippen LogP contribution >= 0.6 is 11.3 Å². The molecule has 1 saturated heterocycles. The van der Waals surface area contributed by atoms with Crippen LogP contribution in [0.15, 0.2) is 82.5 Å². The van der Waals surface area contributed by atoms with E-state index >= 15 is 0 Å². The van der Waals surface area contributed by atoms with Crippen molar-refractivity contribution >= 4 is 44.6 Å². The smallest absolute Gasteiger partial charge is 0.321 e. The zero-order valence-corrected chi connectivity index (χ0v) is 25.6. The molecule has 0 radical (unpaired) electrons. The molecule has 0 spiro atoms. The van der Waals surface area contributed by atoms with E-state index in [2.05, 4.69) is 5.32 Å². The number of amides is 1. The summed E-state index contributed by atoms with van der Waals surface area (Å²) in [5.41, 5.74) is -1.59. The summed E-state index contributed by atoms with van der Waals surface area (Å²) in [6, 6.07) is 18.8. The number of hydrogen-bond acceptors (Lipinski definition) is 6. The van der Waals surface area contributed by atoms with Crippen LogP contribution in [0.1, 0.15) is 36.0 Å². The molecule has 3 aromatic carbocycles. The minimum absolute atomic E-state index is 0.00255. The van der Waals surface area contributed by atoms with Crippen LogP contribution in [0.5, 0.6) is 0 Å². The molecule has 0 atom stereocenters. The lowest BCUT2D eigenvalue weighted by Gasteiger charge is -2.26. The molecule has 1 fully saturated rings. The minimum Gasteiger partial charge on any atom is -0.321 e. The lowest BCUT2D eigenvalue weighted by atomic mass is 10.1. The number of carbonyl (C=O) groups excluding carboxylic acids is 1. The molecule has 5 rings (SSSR count). The number of carbonyl (C=O) groups is 1. The summed E-state index contributed by atoms with van der Waals surface area (Å²) in [6.45, 7) is 2.60. The number of sulfonamides is 1. The van der Waals surface area contributed by atoms with Gasteiger partial charge in [-0.3, -0.25) is 14.2 Å². The number of nitrogens with zero attached hydrogens (tertiary/aromatic N) is 3. The van der Waals surface area contributed by atoms with E-state index in [4.69, 9.17) is 0 Å². The molecule has 1 amide bonds. The quantitative estimate of drug-likeness (QED) is 0.329. The average molecular weight is 653 g/mol. The number of thiazole rings is 1. The maximum absolute atomic E-state index is 14.1. The monoisotopic (exact) mass is 652 g/mol. The van der Waals surface area contributed by atoms with Crippen LogP contribution in [-0.4, -0.2) is 36.3 Å². The number of anilines is 1. The largest absolute Gasteiger partial charge is 0.418 e. The topological polar surface area (TPSA) is 112 Å². The number of aromatic nitrogens is 1. The molecule has 45 heavy (non-hydrogen) atoms. The van der Waals surface area contributed by atoms with Gasteiger partial charge in [0.1, 0.15) is 10.7 Å². The van der Waals surface area contributed by atoms with Crippen LogP contribution in [0.2, 0.25) is 0 Å². The van der Waals surface area contributed by atoms with Crippen molar-refractivity contribution in [2.24, 2.45) is 0 Å². The molecule has 0 bridgehead atoms. The van der Waals surface area contributed by atoms with Crippen molar-refractivity contribution in [3.8, 4) is 11.8 Å². The number of aryl methyl sites for hydroxylation is 1. The van der Waals surface area contributed by atoms with Gasteiger partial charge in [0.15, 0.2) is 5.57 Å². The van der Waals surface area contributed by atoms with Gasteiger partial charge in [-0.1, -0.05) is 54.4 Å². The first kappa shape index (κ1) is 31.9. The SMILES string of the molecule is Cc1cccc(/C=c2\s/c(=C(\C#N)C(=O)Nc3cccc(S(=O)(=O)N4CCCCC4)c3)n(-c3ccccc3C(F)(F)F)c2=O)c1. The first-order valence-electron chi connectivity index (χ1n) is 13.9. The van der Waals surface area contributed by atoms with E-state index in [1.165, 1.54) is 46.8 Å². The lowest BCUT2D eigenvalue weighted by molar-refractivity contribution is -0.137. The van der Waals surface area contributed by atoms with Crippen LogP contribution in [0.3, 0.4) is 0 Å². The molecule has 4 aromatic rings. The van der Waals surface area contributed by atoms with Crippen LogP contribution < -0.4 is 20.1 Å². The molecule has 1 aliphatic rings. The summed E-state index contributed by atoms with van der Waals surface area (Å²) in [5.74, 6) is -1.02. The second kappa shape index (κ2) is 12.8. The van der Waals surface area contributed by atoms with Gasteiger partial charge in [-0.05, 0) is 61.7 Å². The van der Waals surface area contributed by atoms with Gasteiger partial charge in [-0.25, -0.2) is 8.42 Å². The predicted octanol–water partition coefficient (Wildman–Crippen LogP) is 4.54. The van der Waals surface area contributed by atoms with Gasteiger partial charge >= 0.3 is 6.18 Å². The maximum atomic E-state index is 14.1. The zero-order chi connectivity index (χ0) is 32.4. The van der Waals surface area contributed by atoms with Crippen molar-refractivity contribution in [2.45, 2.75) is 37.3 Å². The summed E-state index contributed by atoms with van der Waals surface area (Å²) in [7, 11) is -3.84. The number of alkyl halides is 3. The predicted molar refractivity (Wildman–Crippen MR) is 166 cm³/mol. The Balaban J connectivity index is 1.66. The molecule has 0 saturated carbocycles. The van der Waals surface area contributed by atoms with Crippen LogP contribution in [0, 0.1) is 18.3 Å². The molecular formula is C32H27F3N4O4S2. The minimum atomic E-state index is -4.84. The number of hydrogen-bond donors (Lipinski definition) is 1. The van der Waals surface area contributed by atoms with E-state index in [-0.39, 0.29) is 19.8 Å². The molecule has 13 heteroatoms. The van der Waals surface area contributed by atoms with Crippen molar-refractivity contribution < 1.29 is 26.4 Å². The lowest BCUT2D eigenvalue weighted by Crippen LogP contribution is -2.35. The third kappa shape index (κ3) is 6.78. The van der Waals surface area contributed by atoms with Gasteiger partial charge in [0.2, 0.25) is 10.0 Å². The third-order valence-corrected chi connectivity index (χ3v) is 10.2. The Hall–Kier alpha value is -4.51. The Morgan fingerprint density at radius 3 is 2.40 bits per heavy atom. The number of halogens is 3. The van der Waals surface area contributed by atoms with E-state index < -0.39 is 44.5 Å². The summed E-state index contributed by atoms with van der Waals surface area (Å²) in [4.78, 5) is 27.2. The van der Waals surface area contributed by atoms with Crippen LogP contribution in [0.25, 0.3) is 17.3 Å². The second-order valence-electron chi connectivity index (χ2n) is 10.4. The molecule has 8 nitrogen and oxygen atoms in total. The highest BCUT2D eigenvalue weighted by molar-refractivity contribution is 7.89. The number of nitrogens with one attached hydrogen (secondary N) is 1. The molecule has 2 heterocycles. The van der Waals surface area contributed by atoms with E-state index in [9.17, 15) is 36.4 Å². The third-order valence-electron chi connectivity index (χ3n) is 7.21. The highest BCUT2D eigenvalue weighted by Crippen LogP contribution is 2.33. The summed E-state index contributed by atoms with van der Waals surface area (Å²) < 4.78 is 70.4. The fraction of sp³-hybridized carbons (Fsp3) is 0.219. The highest BCUT2D eigenvalue weighted by Gasteiger charge is 2.35. The molecule has 1 N–H and O–H groups in total. The zero-order valence-electron chi connectivity index (χ0n) is 24.0. The number of benzene rings is 3. The molecule has 1 aliphatic heterocycles. The van der Waals surface area contributed by atoms with E-state index in [1.807, 2.05) is 13.0 Å². The number of piperidine rings is 1. The van der Waals surface area contributed by atoms with Crippen molar-refractivity contribution in [3.05, 3.63) is 109 Å². The van der Waals surface area contributed by atoms with Crippen molar-refractivity contribution in [1.29, 1.82) is 5.26 Å². The van der Waals surface area contributed by atoms with Gasteiger partial charge in [-0.15, -0.1) is 11.3 Å². The highest BCUT2D eigenvalue weighted by atomic mass is 32.2. The Labute approximate surface area is 261 Å². The van der Waals surface area contributed by atoms with Gasteiger partial charge in [0, 0.05) is 18.8 Å². The van der Waals surface area contributed by atoms with Gasteiger partial charge in [-0.2, -0.15) is 22.7 Å². The summed E-state index contributed by atoms with van der Waals surface area (Å²) in [6.07, 6.45) is -0.956. The number of rotatable bonds is 6. The fourth-order valence-corrected chi connectivity index (χ4v) is 7.72. The Morgan fingerprint density at radius 2 is 1.71 bits per heavy atom. The van der Waals surface area contributed by atoms with Crippen LogP contribution in [0.4, 0.5) is 18.9 Å². The molecule has 0 unspecified atom stereocenters. The second-order valence-corrected chi connectivity index (χ2v) is 13.4. The van der Waals surface area contributed by atoms with Gasteiger partial charge in [0.25, 0.3) is 11.5 Å². The Morgan fingerprint density at radius 1 is 1.00 bits per heavy atom. The summed E-state index contributed by atoms with van der Waals surface area (Å²) >= 11 is 0.703. The first-order valence-corrected chi connectivity index (χ1v) is 16.2. The van der Waals surface area contributed by atoms with Crippen molar-refractivity contribution in [2.75, 3.05) is 18.4 Å². The molecule has 232 valence electrons. The molecular weight excluding hydrogens is 626 g/mol. The Kier molecular flexibility index (Phi) is 9.11. The first-order chi connectivity index (χ1) is 21.4. The standard InChI is InChI=1S/C32H27F3N4O4S2/c1-21-9-7-10-22(17-21)18-28-30(41)39(27-14-4-3-13-26(27)32(33,34)35)31(44-28)25(20-36)29(40)37-23-11-8-12-24(19-23)45(42,43)38-15-5-2-6-16-38/h3-4,7-14,17-19H,2,5-6,15-16H2,1H3,(H,37,40)/b28-18-,31-25+. The Bertz CT molecular complexity index is 2110. The van der Waals surface area contributed by atoms with E-state index in [1.54, 1.807) is 24.3 Å². The molecule has 1 aromatic heterocycles. The summed E-state index contributed by atoms with van der Waals surface area (Å²) in [5, 5.41) is 12.6. The molecule has 0 aliphatic carbocycles. The number of para-hydroxylation sites is 1. The van der Waals surface area contributed by atoms with E-state index in [0.29, 0.717) is 30.0 Å². The van der Waals surface area contributed by atoms with E-state index in [0.717, 1.165) is 41.5 Å². The van der Waals surface area contributed by atoms with Gasteiger partial charge in [0.05, 0.1) is 20.7 Å². The van der Waals surface area contributed by atoms with Crippen molar-refractivity contribution in [1.82, 2.24) is 8.87 Å². The maximum Gasteiger partial charge on any atom is 0.418 e. The average Bonchev–Trinajstić information content (AvgIpc) is 3.32. The van der Waals surface area contributed by atoms with Crippen LogP contribution in [-0.2, 0) is 21.0 Å². The van der Waals surface area contributed by atoms with Gasteiger partial charge < -0.3 is 5.32 Å². The van der Waals surface area contributed by atoms with Crippen molar-refractivity contribution in [3.63, 3.8) is 0 Å². The number of nitriles is 1.